The van der Waals surface area contributed by atoms with Gasteiger partial charge in [0.05, 0.1) is 30.3 Å². The average molecular weight is 738 g/mol. The molecule has 0 radical (unpaired) electrons. The Kier molecular flexibility index (Phi) is 14.3. The molecule has 1 aromatic heterocycles. The third kappa shape index (κ3) is 12.2. The topological polar surface area (TPSA) is 203 Å². The number of halogens is 3. The smallest absolute Gasteiger partial charge is 0.490 e. The Morgan fingerprint density at radius 3 is 2.37 bits per heavy atom. The fourth-order valence-electron chi connectivity index (χ4n) is 4.71. The molecule has 5 N–H and O–H groups in total. The molecule has 2 heterocycles. The van der Waals surface area contributed by atoms with Crippen molar-refractivity contribution in [3.05, 3.63) is 78.1 Å². The number of aliphatic carboxylic acids is 1. The molecule has 1 aliphatic heterocycles. The minimum Gasteiger partial charge on any atom is -0.496 e. The van der Waals surface area contributed by atoms with Gasteiger partial charge in [-0.05, 0) is 51.2 Å². The molecule has 19 heteroatoms. The van der Waals surface area contributed by atoms with E-state index < -0.39 is 28.1 Å². The van der Waals surface area contributed by atoms with Gasteiger partial charge >= 0.3 is 12.1 Å². The molecule has 4 rings (SSSR count). The summed E-state index contributed by atoms with van der Waals surface area (Å²) < 4.78 is 65.1. The molecule has 15 nitrogen and oxygen atoms in total. The van der Waals surface area contributed by atoms with Crippen molar-refractivity contribution in [1.82, 2.24) is 24.7 Å². The number of likely N-dealkylation sites (N-methyl/N-ethyl adjacent to an activating group) is 1. The zero-order valence-electron chi connectivity index (χ0n) is 27.9. The summed E-state index contributed by atoms with van der Waals surface area (Å²) in [6.07, 6.45) is 0.227. The molecule has 0 spiro atoms. The van der Waals surface area contributed by atoms with E-state index in [0.717, 1.165) is 0 Å². The van der Waals surface area contributed by atoms with Crippen LogP contribution in [0.1, 0.15) is 28.9 Å². The van der Waals surface area contributed by atoms with E-state index in [9.17, 15) is 36.0 Å². The Morgan fingerprint density at radius 2 is 1.75 bits per heavy atom. The summed E-state index contributed by atoms with van der Waals surface area (Å²) in [5.74, 6) is -3.32. The van der Waals surface area contributed by atoms with Crippen molar-refractivity contribution in [3.63, 3.8) is 0 Å². The van der Waals surface area contributed by atoms with Gasteiger partial charge in [-0.15, -0.1) is 0 Å². The number of nitrogens with zero attached hydrogens (tertiary/aromatic N) is 3. The van der Waals surface area contributed by atoms with Gasteiger partial charge < -0.3 is 30.7 Å². The van der Waals surface area contributed by atoms with E-state index in [2.05, 4.69) is 26.1 Å². The van der Waals surface area contributed by atoms with Crippen LogP contribution in [0.3, 0.4) is 0 Å². The van der Waals surface area contributed by atoms with Crippen molar-refractivity contribution in [1.29, 1.82) is 0 Å². The second kappa shape index (κ2) is 18.1. The lowest BCUT2D eigenvalue weighted by Crippen LogP contribution is -2.46. The van der Waals surface area contributed by atoms with Crippen LogP contribution in [-0.4, -0.2) is 110 Å². The highest BCUT2D eigenvalue weighted by Crippen LogP contribution is 2.24. The molecule has 0 aliphatic carbocycles. The van der Waals surface area contributed by atoms with Crippen LogP contribution in [0.5, 0.6) is 5.75 Å². The van der Waals surface area contributed by atoms with Crippen LogP contribution in [0.25, 0.3) is 0 Å². The first kappa shape index (κ1) is 40.2. The van der Waals surface area contributed by atoms with Crippen molar-refractivity contribution in [2.45, 2.75) is 36.4 Å². The quantitative estimate of drug-likeness (QED) is 0.172. The van der Waals surface area contributed by atoms with Gasteiger partial charge in [-0.1, -0.05) is 30.3 Å². The van der Waals surface area contributed by atoms with E-state index >= 15 is 0 Å². The Labute approximate surface area is 291 Å². The first-order valence-corrected chi connectivity index (χ1v) is 16.7. The minimum absolute atomic E-state index is 0.0479. The maximum Gasteiger partial charge on any atom is 0.490 e. The number of ether oxygens (including phenoxy) is 1. The van der Waals surface area contributed by atoms with Gasteiger partial charge in [0.2, 0.25) is 21.8 Å². The van der Waals surface area contributed by atoms with Crippen molar-refractivity contribution >= 4 is 45.1 Å². The number of nitrogens with one attached hydrogen (secondary N) is 4. The number of hydrogen-bond acceptors (Lipinski definition) is 9. The molecule has 1 fully saturated rings. The molecule has 3 amide bonds. The fraction of sp³-hybridized carbons (Fsp3) is 0.344. The predicted molar refractivity (Wildman–Crippen MR) is 180 cm³/mol. The van der Waals surface area contributed by atoms with Gasteiger partial charge in [-0.25, -0.2) is 13.2 Å². The highest BCUT2D eigenvalue weighted by Gasteiger charge is 2.38. The number of carboxylic acid groups (broad SMARTS) is 1. The maximum absolute atomic E-state index is 13.4. The van der Waals surface area contributed by atoms with Crippen molar-refractivity contribution in [2.24, 2.45) is 0 Å². The predicted octanol–water partition coefficient (Wildman–Crippen LogP) is 2.87. The zero-order chi connectivity index (χ0) is 37.8. The Bertz CT molecular complexity index is 1820. The number of alkyl halides is 3. The Balaban J connectivity index is 0.000000908. The largest absolute Gasteiger partial charge is 0.496 e. The number of amides is 3. The van der Waals surface area contributed by atoms with Crippen molar-refractivity contribution < 1.29 is 50.6 Å². The first-order chi connectivity index (χ1) is 24.0. The average Bonchev–Trinajstić information content (AvgIpc) is 3.53. The van der Waals surface area contributed by atoms with Crippen LogP contribution in [0, 0.1) is 0 Å². The van der Waals surface area contributed by atoms with E-state index in [1.54, 1.807) is 30.3 Å². The van der Waals surface area contributed by atoms with Crippen LogP contribution in [0.2, 0.25) is 0 Å². The summed E-state index contributed by atoms with van der Waals surface area (Å²) in [6.45, 7) is 0.994. The van der Waals surface area contributed by atoms with Gasteiger partial charge in [0, 0.05) is 43.0 Å². The molecule has 2 aromatic carbocycles. The number of carbonyl (C=O) groups is 4. The van der Waals surface area contributed by atoms with Gasteiger partial charge in [-0.3, -0.25) is 19.5 Å². The van der Waals surface area contributed by atoms with Crippen LogP contribution < -0.4 is 20.7 Å². The number of piperidine rings is 1. The summed E-state index contributed by atoms with van der Waals surface area (Å²) >= 11 is 0. The number of para-hydroxylation sites is 1. The molecule has 51 heavy (non-hydrogen) atoms. The minimum atomic E-state index is -5.08. The standard InChI is InChI=1S/C30H37N7O6S.C2HF3O2/c1-36(2)15-7-12-27(38)32-23-9-6-10-24(19-23)44(41,42)37-16-13-22(14-17-37)33-30(40)29-25(20-31-35-29)34-28(39)18-21-8-4-5-11-26(21)43-3;3-2(4,5)1(6)7/h4-12,19-20,22H,13-18H2,1-3H3,(H,31,35)(H,32,38)(H,33,40)(H,34,39);(H,6,7)/b12-7+;. The lowest BCUT2D eigenvalue weighted by molar-refractivity contribution is -0.192. The number of rotatable bonds is 12. The SMILES string of the molecule is COc1ccccc1CC(=O)Nc1cn[nH]c1C(=O)NC1CCN(S(=O)(=O)c2cccc(NC(=O)/C=C/CN(C)C)c2)CC1.O=C(O)C(F)(F)F. The molecule has 0 atom stereocenters. The molecule has 1 saturated heterocycles. The molecular formula is C32H38F3N7O8S. The summed E-state index contributed by atoms with van der Waals surface area (Å²) in [5.41, 5.74) is 1.41. The molecule has 0 saturated carbocycles. The van der Waals surface area contributed by atoms with E-state index in [1.807, 2.05) is 31.1 Å². The van der Waals surface area contributed by atoms with Crippen LogP contribution in [0.4, 0.5) is 24.5 Å². The fourth-order valence-corrected chi connectivity index (χ4v) is 6.22. The number of carbonyl (C=O) groups excluding carboxylic acids is 3. The first-order valence-electron chi connectivity index (χ1n) is 15.3. The second-order valence-corrected chi connectivity index (χ2v) is 13.3. The van der Waals surface area contributed by atoms with Gasteiger partial charge in [0.15, 0.2) is 0 Å². The Morgan fingerprint density at radius 1 is 1.08 bits per heavy atom. The molecule has 0 unspecified atom stereocenters. The van der Waals surface area contributed by atoms with Gasteiger partial charge in [-0.2, -0.15) is 22.6 Å². The lowest BCUT2D eigenvalue weighted by atomic mass is 10.1. The number of carboxylic acids is 1. The third-order valence-corrected chi connectivity index (χ3v) is 9.09. The van der Waals surface area contributed by atoms with Crippen molar-refractivity contribution in [3.8, 4) is 5.75 Å². The maximum atomic E-state index is 13.4. The number of aromatic amines is 1. The molecule has 1 aliphatic rings. The van der Waals surface area contributed by atoms with E-state index in [-0.39, 0.29) is 53.6 Å². The summed E-state index contributed by atoms with van der Waals surface area (Å²) in [6, 6.07) is 13.0. The summed E-state index contributed by atoms with van der Waals surface area (Å²) in [7, 11) is 1.48. The molecular weight excluding hydrogens is 699 g/mol. The highest BCUT2D eigenvalue weighted by molar-refractivity contribution is 7.89. The summed E-state index contributed by atoms with van der Waals surface area (Å²) in [4.78, 5) is 48.8. The molecule has 0 bridgehead atoms. The van der Waals surface area contributed by atoms with Crippen LogP contribution in [0.15, 0.2) is 71.8 Å². The number of sulfonamides is 1. The van der Waals surface area contributed by atoms with Gasteiger partial charge in [0.25, 0.3) is 5.91 Å². The van der Waals surface area contributed by atoms with E-state index in [0.29, 0.717) is 36.4 Å². The second-order valence-electron chi connectivity index (χ2n) is 11.3. The normalized spacial score (nSPS) is 14.0. The number of aromatic nitrogens is 2. The molecule has 3 aromatic rings. The van der Waals surface area contributed by atoms with Crippen LogP contribution in [-0.2, 0) is 30.8 Å². The number of anilines is 2. The van der Waals surface area contributed by atoms with Crippen molar-refractivity contribution in [2.75, 3.05) is 51.5 Å². The summed E-state index contributed by atoms with van der Waals surface area (Å²) in [5, 5.41) is 22.0. The van der Waals surface area contributed by atoms with Gasteiger partial charge in [0.1, 0.15) is 11.4 Å². The molecule has 276 valence electrons. The van der Waals surface area contributed by atoms with E-state index in [4.69, 9.17) is 14.6 Å². The zero-order valence-corrected chi connectivity index (χ0v) is 28.7. The number of H-pyrrole nitrogens is 1. The Hall–Kier alpha value is -5.27. The number of benzene rings is 2. The highest BCUT2D eigenvalue weighted by atomic mass is 32.2. The number of hydrogen-bond donors (Lipinski definition) is 5. The number of methoxy groups -OCH3 is 1. The monoisotopic (exact) mass is 737 g/mol. The third-order valence-electron chi connectivity index (χ3n) is 7.19. The van der Waals surface area contributed by atoms with Crippen LogP contribution >= 0.6 is 0 Å². The lowest BCUT2D eigenvalue weighted by Gasteiger charge is -2.31. The van der Waals surface area contributed by atoms with E-state index in [1.165, 1.54) is 35.8 Å².